The lowest BCUT2D eigenvalue weighted by molar-refractivity contribution is -0.134. The van der Waals surface area contributed by atoms with Crippen molar-refractivity contribution in [3.8, 4) is 5.75 Å². The van der Waals surface area contributed by atoms with Gasteiger partial charge in [-0.15, -0.1) is 0 Å². The molecule has 3 aromatic rings. The number of rotatable bonds is 4. The lowest BCUT2D eigenvalue weighted by atomic mass is 10.1. The molecule has 0 unspecified atom stereocenters. The van der Waals surface area contributed by atoms with Crippen molar-refractivity contribution >= 4 is 22.6 Å². The molecule has 2 aromatic carbocycles. The second-order valence-corrected chi connectivity index (χ2v) is 8.17. The maximum atomic E-state index is 12.8. The molecule has 1 aromatic heterocycles. The Balaban J connectivity index is 1.14. The minimum absolute atomic E-state index is 0.0000524. The van der Waals surface area contributed by atoms with Gasteiger partial charge in [0.1, 0.15) is 5.75 Å². The number of aromatic nitrogens is 2. The summed E-state index contributed by atoms with van der Waals surface area (Å²) in [6.45, 7) is 2.95. The number of nitrogens with zero attached hydrogens (tertiary/aromatic N) is 4. The van der Waals surface area contributed by atoms with Crippen LogP contribution in [0.15, 0.2) is 48.5 Å². The standard InChI is InChI=1S/C24H26N4O3/c29-23(17-31-21-9-8-18-5-1-2-6-19(18)15-21)26-11-13-27(14-12-26)24(30)22-16-20-7-3-4-10-28(20)25-22/h1-2,5-6,8-9,15-16H,3-4,7,10-14,17H2. The minimum atomic E-state index is -0.0577. The van der Waals surface area contributed by atoms with Crippen molar-refractivity contribution < 1.29 is 14.3 Å². The van der Waals surface area contributed by atoms with Crippen LogP contribution in [0.25, 0.3) is 10.8 Å². The number of carbonyl (C=O) groups is 2. The Bertz CT molecular complexity index is 1090. The summed E-state index contributed by atoms with van der Waals surface area (Å²) in [6.07, 6.45) is 3.26. The van der Waals surface area contributed by atoms with Crippen LogP contribution < -0.4 is 4.74 Å². The lowest BCUT2D eigenvalue weighted by Crippen LogP contribution is -2.51. The number of hydrogen-bond donors (Lipinski definition) is 0. The maximum absolute atomic E-state index is 12.8. The second-order valence-electron chi connectivity index (χ2n) is 8.17. The fourth-order valence-electron chi connectivity index (χ4n) is 4.34. The molecular weight excluding hydrogens is 392 g/mol. The van der Waals surface area contributed by atoms with Crippen LogP contribution in [0.5, 0.6) is 5.75 Å². The van der Waals surface area contributed by atoms with E-state index in [4.69, 9.17) is 4.74 Å². The van der Waals surface area contributed by atoms with Crippen LogP contribution in [0.3, 0.4) is 0 Å². The molecule has 160 valence electrons. The van der Waals surface area contributed by atoms with Crippen LogP contribution in [0.4, 0.5) is 0 Å². The average Bonchev–Trinajstić information content (AvgIpc) is 3.26. The lowest BCUT2D eigenvalue weighted by Gasteiger charge is -2.34. The fourth-order valence-corrected chi connectivity index (χ4v) is 4.34. The number of piperazine rings is 1. The fraction of sp³-hybridized carbons (Fsp3) is 0.375. The second kappa shape index (κ2) is 8.41. The molecule has 31 heavy (non-hydrogen) atoms. The summed E-state index contributed by atoms with van der Waals surface area (Å²) < 4.78 is 7.69. The normalized spacial score (nSPS) is 16.3. The molecule has 1 saturated heterocycles. The van der Waals surface area contributed by atoms with Gasteiger partial charge in [0.15, 0.2) is 12.3 Å². The molecule has 0 saturated carbocycles. The smallest absolute Gasteiger partial charge is 0.274 e. The molecule has 0 atom stereocenters. The number of fused-ring (bicyclic) bond motifs is 2. The van der Waals surface area contributed by atoms with Crippen LogP contribution in [0.2, 0.25) is 0 Å². The highest BCUT2D eigenvalue weighted by Gasteiger charge is 2.27. The SMILES string of the molecule is O=C(COc1ccc2ccccc2c1)N1CCN(C(=O)c2cc3n(n2)CCCC3)CC1. The van der Waals surface area contributed by atoms with E-state index in [1.54, 1.807) is 9.80 Å². The van der Waals surface area contributed by atoms with E-state index in [0.29, 0.717) is 37.6 Å². The molecule has 3 heterocycles. The van der Waals surface area contributed by atoms with Gasteiger partial charge in [0.25, 0.3) is 11.8 Å². The van der Waals surface area contributed by atoms with Crippen molar-refractivity contribution in [2.45, 2.75) is 25.8 Å². The summed E-state index contributed by atoms with van der Waals surface area (Å²) in [5.41, 5.74) is 1.67. The van der Waals surface area contributed by atoms with E-state index in [-0.39, 0.29) is 18.4 Å². The summed E-state index contributed by atoms with van der Waals surface area (Å²) in [7, 11) is 0. The van der Waals surface area contributed by atoms with Gasteiger partial charge in [-0.2, -0.15) is 5.10 Å². The Morgan fingerprint density at radius 2 is 1.65 bits per heavy atom. The van der Waals surface area contributed by atoms with E-state index in [0.717, 1.165) is 42.3 Å². The molecule has 2 aliphatic rings. The quantitative estimate of drug-likeness (QED) is 0.653. The summed E-state index contributed by atoms with van der Waals surface area (Å²) >= 11 is 0. The molecule has 7 heteroatoms. The Labute approximate surface area is 181 Å². The van der Waals surface area contributed by atoms with Crippen LogP contribution >= 0.6 is 0 Å². The number of amides is 2. The van der Waals surface area contributed by atoms with Crippen molar-refractivity contribution in [1.82, 2.24) is 19.6 Å². The zero-order valence-corrected chi connectivity index (χ0v) is 17.5. The third kappa shape index (κ3) is 4.13. The third-order valence-electron chi connectivity index (χ3n) is 6.14. The van der Waals surface area contributed by atoms with E-state index < -0.39 is 0 Å². The zero-order valence-electron chi connectivity index (χ0n) is 17.5. The molecule has 5 rings (SSSR count). The zero-order chi connectivity index (χ0) is 21.2. The Morgan fingerprint density at radius 1 is 0.871 bits per heavy atom. The van der Waals surface area contributed by atoms with Crippen LogP contribution in [-0.2, 0) is 17.8 Å². The van der Waals surface area contributed by atoms with Crippen molar-refractivity contribution in [2.75, 3.05) is 32.8 Å². The molecule has 1 fully saturated rings. The summed E-state index contributed by atoms with van der Waals surface area (Å²) in [5, 5.41) is 6.71. The van der Waals surface area contributed by atoms with E-state index >= 15 is 0 Å². The molecule has 0 radical (unpaired) electrons. The van der Waals surface area contributed by atoms with E-state index in [9.17, 15) is 9.59 Å². The monoisotopic (exact) mass is 418 g/mol. The highest BCUT2D eigenvalue weighted by molar-refractivity contribution is 5.92. The Kier molecular flexibility index (Phi) is 5.32. The first-order valence-electron chi connectivity index (χ1n) is 10.9. The first-order valence-corrected chi connectivity index (χ1v) is 10.9. The molecular formula is C24H26N4O3. The highest BCUT2D eigenvalue weighted by atomic mass is 16.5. The van der Waals surface area contributed by atoms with Gasteiger partial charge < -0.3 is 14.5 Å². The predicted octanol–water partition coefficient (Wildman–Crippen LogP) is 2.74. The van der Waals surface area contributed by atoms with E-state index in [2.05, 4.69) is 5.10 Å². The topological polar surface area (TPSA) is 67.7 Å². The molecule has 0 bridgehead atoms. The number of hydrogen-bond acceptors (Lipinski definition) is 4. The molecule has 0 N–H and O–H groups in total. The number of benzene rings is 2. The summed E-state index contributed by atoms with van der Waals surface area (Å²) in [4.78, 5) is 29.0. The summed E-state index contributed by atoms with van der Waals surface area (Å²) in [5.74, 6) is 0.587. The minimum Gasteiger partial charge on any atom is -0.484 e. The average molecular weight is 418 g/mol. The van der Waals surface area contributed by atoms with Gasteiger partial charge in [0, 0.05) is 38.4 Å². The largest absolute Gasteiger partial charge is 0.484 e. The van der Waals surface area contributed by atoms with Gasteiger partial charge in [0.05, 0.1) is 0 Å². The van der Waals surface area contributed by atoms with Crippen molar-refractivity contribution in [3.63, 3.8) is 0 Å². The molecule has 0 spiro atoms. The first kappa shape index (κ1) is 19.6. The molecule has 7 nitrogen and oxygen atoms in total. The summed E-state index contributed by atoms with van der Waals surface area (Å²) in [6, 6.07) is 15.8. The van der Waals surface area contributed by atoms with Crippen LogP contribution in [0, 0.1) is 0 Å². The van der Waals surface area contributed by atoms with Gasteiger partial charge in [0.2, 0.25) is 0 Å². The van der Waals surface area contributed by atoms with Crippen molar-refractivity contribution in [1.29, 1.82) is 0 Å². The van der Waals surface area contributed by atoms with E-state index in [1.165, 1.54) is 0 Å². The Hall–Kier alpha value is -3.35. The van der Waals surface area contributed by atoms with Gasteiger partial charge in [-0.05, 0) is 48.2 Å². The van der Waals surface area contributed by atoms with Gasteiger partial charge in [-0.3, -0.25) is 14.3 Å². The van der Waals surface area contributed by atoms with Crippen LogP contribution in [-0.4, -0.2) is 64.2 Å². The van der Waals surface area contributed by atoms with Gasteiger partial charge in [-0.25, -0.2) is 0 Å². The maximum Gasteiger partial charge on any atom is 0.274 e. The van der Waals surface area contributed by atoms with Crippen molar-refractivity contribution in [3.05, 3.63) is 59.9 Å². The van der Waals surface area contributed by atoms with Crippen molar-refractivity contribution in [2.24, 2.45) is 0 Å². The number of aryl methyl sites for hydroxylation is 2. The number of carbonyl (C=O) groups excluding carboxylic acids is 2. The van der Waals surface area contributed by atoms with Gasteiger partial charge in [-0.1, -0.05) is 30.3 Å². The predicted molar refractivity (Wildman–Crippen MR) is 117 cm³/mol. The third-order valence-corrected chi connectivity index (χ3v) is 6.14. The van der Waals surface area contributed by atoms with Gasteiger partial charge >= 0.3 is 0 Å². The Morgan fingerprint density at radius 3 is 2.45 bits per heavy atom. The molecule has 0 aliphatic carbocycles. The van der Waals surface area contributed by atoms with E-state index in [1.807, 2.05) is 53.2 Å². The molecule has 2 amide bonds. The van der Waals surface area contributed by atoms with Crippen LogP contribution in [0.1, 0.15) is 29.0 Å². The number of ether oxygens (including phenoxy) is 1. The first-order chi connectivity index (χ1) is 15.2. The molecule has 2 aliphatic heterocycles. The highest BCUT2D eigenvalue weighted by Crippen LogP contribution is 2.21.